The molecule has 3 aliphatic rings. The van der Waals surface area contributed by atoms with Crippen LogP contribution in [-0.2, 0) is 21.3 Å². The molecule has 138 valence electrons. The van der Waals surface area contributed by atoms with E-state index >= 15 is 0 Å². The first-order chi connectivity index (χ1) is 12.6. The lowest BCUT2D eigenvalue weighted by Gasteiger charge is -2.39. The largest absolute Gasteiger partial charge is 0.299 e. The van der Waals surface area contributed by atoms with Gasteiger partial charge in [0.15, 0.2) is 0 Å². The molecule has 2 aromatic rings. The molecule has 6 heteroatoms. The Morgan fingerprint density at radius 1 is 1.12 bits per heavy atom. The van der Waals surface area contributed by atoms with Gasteiger partial charge in [-0.15, -0.1) is 0 Å². The van der Waals surface area contributed by atoms with E-state index in [1.165, 1.54) is 5.56 Å². The molecular weight excluding hydrogens is 364 g/mol. The van der Waals surface area contributed by atoms with Crippen LogP contribution in [0.15, 0.2) is 41.1 Å². The maximum absolute atomic E-state index is 13.6. The highest BCUT2D eigenvalue weighted by molar-refractivity contribution is 7.94. The maximum Gasteiger partial charge on any atom is 0.245 e. The van der Waals surface area contributed by atoms with Crippen molar-refractivity contribution in [3.63, 3.8) is 0 Å². The van der Waals surface area contributed by atoms with E-state index in [4.69, 9.17) is 0 Å². The Balaban J connectivity index is 1.44. The predicted molar refractivity (Wildman–Crippen MR) is 106 cm³/mol. The lowest BCUT2D eigenvalue weighted by Crippen LogP contribution is -2.48. The van der Waals surface area contributed by atoms with Gasteiger partial charge in [0.25, 0.3) is 0 Å². The van der Waals surface area contributed by atoms with Crippen molar-refractivity contribution in [2.24, 2.45) is 5.92 Å². The van der Waals surface area contributed by atoms with Crippen molar-refractivity contribution in [2.45, 2.75) is 37.0 Å². The molecule has 0 radical (unpaired) electrons. The SMILES string of the molecule is O=S1(=O)N(CC2CC2)c2ccccc2C12CCN(Cc1ccsc1)CC2. The van der Waals surface area contributed by atoms with Gasteiger partial charge in [0.05, 0.1) is 5.69 Å². The third-order valence-electron chi connectivity index (χ3n) is 6.22. The van der Waals surface area contributed by atoms with Crippen molar-refractivity contribution in [3.8, 4) is 0 Å². The van der Waals surface area contributed by atoms with Gasteiger partial charge in [-0.25, -0.2) is 8.42 Å². The number of nitrogens with zero attached hydrogens (tertiary/aromatic N) is 2. The van der Waals surface area contributed by atoms with Gasteiger partial charge in [-0.1, -0.05) is 18.2 Å². The van der Waals surface area contributed by atoms with Gasteiger partial charge in [-0.05, 0) is 65.6 Å². The van der Waals surface area contributed by atoms with E-state index in [0.29, 0.717) is 25.3 Å². The molecule has 1 aromatic heterocycles. The van der Waals surface area contributed by atoms with Gasteiger partial charge in [-0.3, -0.25) is 9.21 Å². The fourth-order valence-electron chi connectivity index (χ4n) is 4.53. The van der Waals surface area contributed by atoms with Gasteiger partial charge in [0.1, 0.15) is 4.75 Å². The number of anilines is 1. The number of likely N-dealkylation sites (tertiary alicyclic amines) is 1. The van der Waals surface area contributed by atoms with Crippen molar-refractivity contribution in [1.29, 1.82) is 0 Å². The van der Waals surface area contributed by atoms with Gasteiger partial charge in [0.2, 0.25) is 10.0 Å². The molecule has 1 aromatic carbocycles. The zero-order chi connectivity index (χ0) is 17.8. The number of benzene rings is 1. The van der Waals surface area contributed by atoms with Gasteiger partial charge < -0.3 is 0 Å². The fourth-order valence-corrected chi connectivity index (χ4v) is 7.58. The van der Waals surface area contributed by atoms with Crippen molar-refractivity contribution in [3.05, 3.63) is 52.2 Å². The molecule has 1 aliphatic carbocycles. The van der Waals surface area contributed by atoms with Crippen molar-refractivity contribution in [1.82, 2.24) is 4.90 Å². The summed E-state index contributed by atoms with van der Waals surface area (Å²) >= 11 is 1.72. The fraction of sp³-hybridized carbons (Fsp3) is 0.500. The van der Waals surface area contributed by atoms with Gasteiger partial charge in [-0.2, -0.15) is 11.3 Å². The summed E-state index contributed by atoms with van der Waals surface area (Å²) in [4.78, 5) is 2.40. The minimum atomic E-state index is -3.34. The molecule has 4 nitrogen and oxygen atoms in total. The highest BCUT2D eigenvalue weighted by Gasteiger charge is 2.57. The van der Waals surface area contributed by atoms with Crippen LogP contribution in [0.5, 0.6) is 0 Å². The zero-order valence-electron chi connectivity index (χ0n) is 14.8. The van der Waals surface area contributed by atoms with Crippen LogP contribution in [0.1, 0.15) is 36.8 Å². The summed E-state index contributed by atoms with van der Waals surface area (Å²) in [5, 5.41) is 4.29. The van der Waals surface area contributed by atoms with E-state index in [9.17, 15) is 8.42 Å². The van der Waals surface area contributed by atoms with Crippen molar-refractivity contribution >= 4 is 27.0 Å². The van der Waals surface area contributed by atoms with E-state index in [0.717, 1.165) is 43.7 Å². The van der Waals surface area contributed by atoms with Crippen molar-refractivity contribution < 1.29 is 8.42 Å². The van der Waals surface area contributed by atoms with Crippen LogP contribution in [-0.4, -0.2) is 33.0 Å². The average molecular weight is 389 g/mol. The summed E-state index contributed by atoms with van der Waals surface area (Å²) in [6.45, 7) is 3.26. The minimum absolute atomic E-state index is 0.548. The van der Waals surface area contributed by atoms with E-state index in [1.54, 1.807) is 15.6 Å². The summed E-state index contributed by atoms with van der Waals surface area (Å²) in [6.07, 6.45) is 3.71. The molecule has 0 bridgehead atoms. The Morgan fingerprint density at radius 2 is 1.88 bits per heavy atom. The molecule has 1 saturated heterocycles. The second kappa shape index (κ2) is 6.08. The lowest BCUT2D eigenvalue weighted by atomic mass is 9.87. The lowest BCUT2D eigenvalue weighted by molar-refractivity contribution is 0.189. The molecule has 5 rings (SSSR count). The minimum Gasteiger partial charge on any atom is -0.299 e. The highest BCUT2D eigenvalue weighted by Crippen LogP contribution is 2.53. The van der Waals surface area contributed by atoms with Crippen LogP contribution < -0.4 is 4.31 Å². The molecular formula is C20H24N2O2S2. The summed E-state index contributed by atoms with van der Waals surface area (Å²) in [6, 6.07) is 10.2. The highest BCUT2D eigenvalue weighted by atomic mass is 32.2. The van der Waals surface area contributed by atoms with Gasteiger partial charge >= 0.3 is 0 Å². The quantitative estimate of drug-likeness (QED) is 0.800. The van der Waals surface area contributed by atoms with E-state index in [-0.39, 0.29) is 0 Å². The third kappa shape index (κ3) is 2.53. The first-order valence-corrected chi connectivity index (χ1v) is 11.8. The van der Waals surface area contributed by atoms with Crippen LogP contribution >= 0.6 is 11.3 Å². The summed E-state index contributed by atoms with van der Waals surface area (Å²) in [7, 11) is -3.34. The predicted octanol–water partition coefficient (Wildman–Crippen LogP) is 3.80. The number of fused-ring (bicyclic) bond motifs is 2. The van der Waals surface area contributed by atoms with Crippen molar-refractivity contribution in [2.75, 3.05) is 23.9 Å². The third-order valence-corrected chi connectivity index (χ3v) is 9.49. The Hall–Kier alpha value is -1.37. The molecule has 1 spiro atoms. The standard InChI is InChI=1S/C20H24N2O2S2/c23-26(24)20(8-10-21(11-9-20)13-17-7-12-25-15-17)18-3-1-2-4-19(18)22(26)14-16-5-6-16/h1-4,7,12,15-16H,5-6,8-11,13-14H2. The van der Waals surface area contributed by atoms with Gasteiger partial charge in [0, 0.05) is 26.2 Å². The normalized spacial score (nSPS) is 24.1. The molecule has 2 aliphatic heterocycles. The molecule has 0 atom stereocenters. The Bertz CT molecular complexity index is 896. The van der Waals surface area contributed by atoms with E-state index < -0.39 is 14.8 Å². The van der Waals surface area contributed by atoms with Crippen LogP contribution in [0.3, 0.4) is 0 Å². The second-order valence-electron chi connectivity index (χ2n) is 7.90. The Morgan fingerprint density at radius 3 is 2.58 bits per heavy atom. The Kier molecular flexibility index (Phi) is 3.92. The average Bonchev–Trinajstić information content (AvgIpc) is 3.30. The number of thiophene rings is 1. The van der Waals surface area contributed by atoms with Crippen LogP contribution in [0.4, 0.5) is 5.69 Å². The first-order valence-electron chi connectivity index (χ1n) is 9.45. The van der Waals surface area contributed by atoms with Crippen LogP contribution in [0.2, 0.25) is 0 Å². The number of piperidine rings is 1. The number of sulfonamides is 1. The molecule has 0 N–H and O–H groups in total. The molecule has 3 heterocycles. The smallest absolute Gasteiger partial charge is 0.245 e. The van der Waals surface area contributed by atoms with E-state index in [2.05, 4.69) is 21.7 Å². The molecule has 1 saturated carbocycles. The first kappa shape index (κ1) is 16.8. The number of rotatable bonds is 4. The van der Waals surface area contributed by atoms with E-state index in [1.807, 2.05) is 24.3 Å². The Labute approximate surface area is 159 Å². The molecule has 0 amide bonds. The van der Waals surface area contributed by atoms with Crippen LogP contribution in [0.25, 0.3) is 0 Å². The summed E-state index contributed by atoms with van der Waals surface area (Å²) in [5.74, 6) is 0.548. The number of hydrogen-bond acceptors (Lipinski definition) is 4. The molecule has 26 heavy (non-hydrogen) atoms. The monoisotopic (exact) mass is 388 g/mol. The summed E-state index contributed by atoms with van der Waals surface area (Å²) < 4.78 is 28.3. The van der Waals surface area contributed by atoms with Crippen LogP contribution in [0, 0.1) is 5.92 Å². The summed E-state index contributed by atoms with van der Waals surface area (Å²) in [5.41, 5.74) is 3.30. The zero-order valence-corrected chi connectivity index (χ0v) is 16.4. The topological polar surface area (TPSA) is 40.6 Å². The second-order valence-corrected chi connectivity index (χ2v) is 10.9. The number of hydrogen-bond donors (Lipinski definition) is 0. The maximum atomic E-state index is 13.6. The molecule has 0 unspecified atom stereocenters. The number of para-hydroxylation sites is 1. The molecule has 2 fully saturated rings.